The maximum Gasteiger partial charge on any atom is 0.238 e. The molecule has 0 radical (unpaired) electrons. The quantitative estimate of drug-likeness (QED) is 0.635. The molecule has 0 aliphatic rings. The lowest BCUT2D eigenvalue weighted by Crippen LogP contribution is -2.28. The molecule has 6 heteroatoms. The topological polar surface area (TPSA) is 59.6 Å². The molecule has 0 bridgehead atoms. The minimum atomic E-state index is -0.145. The van der Waals surface area contributed by atoms with Gasteiger partial charge in [-0.15, -0.1) is 0 Å². The van der Waals surface area contributed by atoms with Gasteiger partial charge in [0.2, 0.25) is 5.91 Å². The third-order valence-electron chi connectivity index (χ3n) is 3.41. The minimum absolute atomic E-state index is 0.145. The van der Waals surface area contributed by atoms with Crippen molar-refractivity contribution in [2.75, 3.05) is 31.7 Å². The standard InChI is InChI=1S/C19H23ClN2O3/c1-2-24-11-12-25-18-10-6-5-9-17(18)22-19(23)14-21-13-15-7-3-4-8-16(15)20/h3-10,21H,2,11-14H2,1H3,(H,22,23). The van der Waals surface area contributed by atoms with Crippen LogP contribution in [-0.4, -0.2) is 32.3 Å². The molecule has 0 heterocycles. The molecule has 2 rings (SSSR count). The van der Waals surface area contributed by atoms with Crippen LogP contribution in [0.15, 0.2) is 48.5 Å². The maximum atomic E-state index is 12.1. The molecule has 0 aliphatic heterocycles. The molecule has 2 aromatic carbocycles. The van der Waals surface area contributed by atoms with E-state index in [2.05, 4.69) is 10.6 Å². The normalized spacial score (nSPS) is 10.5. The Morgan fingerprint density at radius 2 is 1.84 bits per heavy atom. The fourth-order valence-corrected chi connectivity index (χ4v) is 2.40. The van der Waals surface area contributed by atoms with Crippen molar-refractivity contribution in [2.45, 2.75) is 13.5 Å². The number of hydrogen-bond donors (Lipinski definition) is 2. The molecule has 0 aliphatic carbocycles. The minimum Gasteiger partial charge on any atom is -0.489 e. The first-order valence-electron chi connectivity index (χ1n) is 8.24. The Morgan fingerprint density at radius 1 is 1.08 bits per heavy atom. The third-order valence-corrected chi connectivity index (χ3v) is 3.78. The van der Waals surface area contributed by atoms with Crippen LogP contribution >= 0.6 is 11.6 Å². The van der Waals surface area contributed by atoms with E-state index in [1.807, 2.05) is 55.5 Å². The van der Waals surface area contributed by atoms with Crippen molar-refractivity contribution in [1.82, 2.24) is 5.32 Å². The van der Waals surface area contributed by atoms with Crippen LogP contribution in [0.1, 0.15) is 12.5 Å². The summed E-state index contributed by atoms with van der Waals surface area (Å²) >= 11 is 6.09. The molecule has 5 nitrogen and oxygen atoms in total. The van der Waals surface area contributed by atoms with Crippen LogP contribution in [-0.2, 0) is 16.1 Å². The van der Waals surface area contributed by atoms with E-state index in [4.69, 9.17) is 21.1 Å². The number of hydrogen-bond acceptors (Lipinski definition) is 4. The summed E-state index contributed by atoms with van der Waals surface area (Å²) in [4.78, 5) is 12.1. The summed E-state index contributed by atoms with van der Waals surface area (Å²) in [5, 5.41) is 6.62. The van der Waals surface area contributed by atoms with Crippen molar-refractivity contribution in [2.24, 2.45) is 0 Å². The second kappa shape index (κ2) is 10.7. The Kier molecular flexibility index (Phi) is 8.25. The lowest BCUT2D eigenvalue weighted by atomic mass is 10.2. The number of rotatable bonds is 10. The number of ether oxygens (including phenoxy) is 2. The van der Waals surface area contributed by atoms with Gasteiger partial charge < -0.3 is 20.1 Å². The Bertz CT molecular complexity index is 679. The molecule has 2 N–H and O–H groups in total. The number of benzene rings is 2. The van der Waals surface area contributed by atoms with Gasteiger partial charge in [-0.2, -0.15) is 0 Å². The van der Waals surface area contributed by atoms with Crippen LogP contribution in [0.5, 0.6) is 5.75 Å². The predicted molar refractivity (Wildman–Crippen MR) is 100 cm³/mol. The van der Waals surface area contributed by atoms with Gasteiger partial charge in [0.25, 0.3) is 0 Å². The first-order valence-corrected chi connectivity index (χ1v) is 8.62. The van der Waals surface area contributed by atoms with Crippen molar-refractivity contribution in [3.05, 3.63) is 59.1 Å². The predicted octanol–water partition coefficient (Wildman–Crippen LogP) is 3.48. The van der Waals surface area contributed by atoms with Crippen LogP contribution in [0.25, 0.3) is 0 Å². The Hall–Kier alpha value is -2.08. The largest absolute Gasteiger partial charge is 0.489 e. The summed E-state index contributed by atoms with van der Waals surface area (Å²) in [5.41, 5.74) is 1.60. The zero-order valence-electron chi connectivity index (χ0n) is 14.3. The highest BCUT2D eigenvalue weighted by atomic mass is 35.5. The van der Waals surface area contributed by atoms with Gasteiger partial charge in [-0.3, -0.25) is 4.79 Å². The van der Waals surface area contributed by atoms with Crippen molar-refractivity contribution < 1.29 is 14.3 Å². The van der Waals surface area contributed by atoms with Crippen LogP contribution in [0.3, 0.4) is 0 Å². The fourth-order valence-electron chi connectivity index (χ4n) is 2.20. The van der Waals surface area contributed by atoms with Crippen LogP contribution < -0.4 is 15.4 Å². The van der Waals surface area contributed by atoms with E-state index in [0.29, 0.717) is 42.8 Å². The highest BCUT2D eigenvalue weighted by molar-refractivity contribution is 6.31. The van der Waals surface area contributed by atoms with Crippen molar-refractivity contribution in [3.63, 3.8) is 0 Å². The van der Waals surface area contributed by atoms with E-state index in [0.717, 1.165) is 5.56 Å². The number of carbonyl (C=O) groups excluding carboxylic acids is 1. The van der Waals surface area contributed by atoms with E-state index >= 15 is 0 Å². The van der Waals surface area contributed by atoms with Gasteiger partial charge in [-0.05, 0) is 30.7 Å². The summed E-state index contributed by atoms with van der Waals surface area (Å²) in [5.74, 6) is 0.481. The lowest BCUT2D eigenvalue weighted by molar-refractivity contribution is -0.115. The Labute approximate surface area is 153 Å². The second-order valence-electron chi connectivity index (χ2n) is 5.28. The monoisotopic (exact) mass is 362 g/mol. The summed E-state index contributed by atoms with van der Waals surface area (Å²) < 4.78 is 10.9. The highest BCUT2D eigenvalue weighted by Gasteiger charge is 2.08. The SMILES string of the molecule is CCOCCOc1ccccc1NC(=O)CNCc1ccccc1Cl. The van der Waals surface area contributed by atoms with Crippen molar-refractivity contribution in [3.8, 4) is 5.75 Å². The summed E-state index contributed by atoms with van der Waals surface area (Å²) in [6.45, 7) is 4.24. The molecule has 25 heavy (non-hydrogen) atoms. The molecule has 0 saturated heterocycles. The van der Waals surface area contributed by atoms with E-state index in [9.17, 15) is 4.79 Å². The Morgan fingerprint density at radius 3 is 2.64 bits per heavy atom. The molecular weight excluding hydrogens is 340 g/mol. The van der Waals surface area contributed by atoms with Gasteiger partial charge in [-0.25, -0.2) is 0 Å². The van der Waals surface area contributed by atoms with Gasteiger partial charge in [0.1, 0.15) is 12.4 Å². The average Bonchev–Trinajstić information content (AvgIpc) is 2.62. The summed E-state index contributed by atoms with van der Waals surface area (Å²) in [6, 6.07) is 14.9. The first-order chi connectivity index (χ1) is 12.2. The van der Waals surface area contributed by atoms with E-state index < -0.39 is 0 Å². The van der Waals surface area contributed by atoms with Gasteiger partial charge in [0.05, 0.1) is 18.8 Å². The molecule has 134 valence electrons. The van der Waals surface area contributed by atoms with Gasteiger partial charge in [-0.1, -0.05) is 41.9 Å². The van der Waals surface area contributed by atoms with Gasteiger partial charge in [0, 0.05) is 18.2 Å². The zero-order valence-corrected chi connectivity index (χ0v) is 15.0. The zero-order chi connectivity index (χ0) is 17.9. The molecule has 0 unspecified atom stereocenters. The molecular formula is C19H23ClN2O3. The lowest BCUT2D eigenvalue weighted by Gasteiger charge is -2.13. The number of para-hydroxylation sites is 2. The molecule has 0 saturated carbocycles. The summed E-state index contributed by atoms with van der Waals surface area (Å²) in [6.07, 6.45) is 0. The van der Waals surface area contributed by atoms with Gasteiger partial charge in [0.15, 0.2) is 0 Å². The number of amides is 1. The first kappa shape index (κ1) is 19.2. The van der Waals surface area contributed by atoms with E-state index in [1.165, 1.54) is 0 Å². The number of carbonyl (C=O) groups is 1. The maximum absolute atomic E-state index is 12.1. The second-order valence-corrected chi connectivity index (χ2v) is 5.69. The number of anilines is 1. The van der Waals surface area contributed by atoms with Crippen LogP contribution in [0.4, 0.5) is 5.69 Å². The van der Waals surface area contributed by atoms with Crippen LogP contribution in [0, 0.1) is 0 Å². The van der Waals surface area contributed by atoms with Gasteiger partial charge >= 0.3 is 0 Å². The van der Waals surface area contributed by atoms with Crippen LogP contribution in [0.2, 0.25) is 5.02 Å². The van der Waals surface area contributed by atoms with Crippen molar-refractivity contribution >= 4 is 23.2 Å². The molecule has 0 spiro atoms. The average molecular weight is 363 g/mol. The highest BCUT2D eigenvalue weighted by Crippen LogP contribution is 2.23. The molecule has 0 atom stereocenters. The Balaban J connectivity index is 1.81. The van der Waals surface area contributed by atoms with Crippen molar-refractivity contribution in [1.29, 1.82) is 0 Å². The van der Waals surface area contributed by atoms with E-state index in [1.54, 1.807) is 0 Å². The smallest absolute Gasteiger partial charge is 0.238 e. The fraction of sp³-hybridized carbons (Fsp3) is 0.316. The van der Waals surface area contributed by atoms with E-state index in [-0.39, 0.29) is 12.5 Å². The number of nitrogens with one attached hydrogen (secondary N) is 2. The number of halogens is 1. The molecule has 1 amide bonds. The molecule has 2 aromatic rings. The molecule has 0 fully saturated rings. The summed E-state index contributed by atoms with van der Waals surface area (Å²) in [7, 11) is 0. The molecule has 0 aromatic heterocycles. The third kappa shape index (κ3) is 6.74.